The summed E-state index contributed by atoms with van der Waals surface area (Å²) in [7, 11) is 0. The maximum Gasteiger partial charge on any atom is 0.191 e. The summed E-state index contributed by atoms with van der Waals surface area (Å²) in [4.78, 5) is 10.9. The molecule has 0 unspecified atom stereocenters. The number of guanidine groups is 1. The predicted octanol–water partition coefficient (Wildman–Crippen LogP) is 2.42. The second-order valence-corrected chi connectivity index (χ2v) is 5.11. The standard InChI is InChI=1S/C12H22N4S/c1-5-16(6-2)12(13)14-7-11-15-10(8-17-11)9(3)4/h8-9H,5-7H2,1-4H3,(H2,13,14). The van der Waals surface area contributed by atoms with Crippen molar-refractivity contribution in [2.24, 2.45) is 10.7 Å². The normalized spacial score (nSPS) is 12.2. The van der Waals surface area contributed by atoms with E-state index in [1.165, 1.54) is 0 Å². The lowest BCUT2D eigenvalue weighted by Gasteiger charge is -2.18. The molecule has 1 heterocycles. The van der Waals surface area contributed by atoms with E-state index < -0.39 is 0 Å². The van der Waals surface area contributed by atoms with Gasteiger partial charge in [-0.2, -0.15) is 0 Å². The summed E-state index contributed by atoms with van der Waals surface area (Å²) in [6.45, 7) is 10.8. The molecule has 0 fully saturated rings. The van der Waals surface area contributed by atoms with Gasteiger partial charge in [0, 0.05) is 18.5 Å². The zero-order valence-electron chi connectivity index (χ0n) is 11.1. The smallest absolute Gasteiger partial charge is 0.191 e. The van der Waals surface area contributed by atoms with Crippen LogP contribution < -0.4 is 5.73 Å². The largest absolute Gasteiger partial charge is 0.370 e. The average molecular weight is 254 g/mol. The molecule has 0 atom stereocenters. The number of hydrogen-bond acceptors (Lipinski definition) is 3. The van der Waals surface area contributed by atoms with Gasteiger partial charge in [0.15, 0.2) is 5.96 Å². The number of aliphatic imine (C=N–C) groups is 1. The fraction of sp³-hybridized carbons (Fsp3) is 0.667. The molecule has 2 N–H and O–H groups in total. The molecule has 0 saturated carbocycles. The third kappa shape index (κ3) is 4.00. The topological polar surface area (TPSA) is 54.5 Å². The Kier molecular flexibility index (Phi) is 5.41. The van der Waals surface area contributed by atoms with Crippen LogP contribution in [0.2, 0.25) is 0 Å². The Balaban J connectivity index is 2.62. The number of nitrogens with two attached hydrogens (primary N) is 1. The SMILES string of the molecule is CCN(CC)C(N)=NCc1nc(C(C)C)cs1. The van der Waals surface area contributed by atoms with Gasteiger partial charge in [0.25, 0.3) is 0 Å². The molecule has 5 heteroatoms. The fourth-order valence-corrected chi connectivity index (χ4v) is 2.34. The summed E-state index contributed by atoms with van der Waals surface area (Å²) in [6.07, 6.45) is 0. The first kappa shape index (κ1) is 14.0. The van der Waals surface area contributed by atoms with Crippen molar-refractivity contribution in [2.75, 3.05) is 13.1 Å². The average Bonchev–Trinajstić information content (AvgIpc) is 2.76. The van der Waals surface area contributed by atoms with Crippen molar-refractivity contribution in [1.29, 1.82) is 0 Å². The minimum atomic E-state index is 0.476. The third-order valence-electron chi connectivity index (χ3n) is 2.62. The van der Waals surface area contributed by atoms with Crippen LogP contribution in [0.1, 0.15) is 44.3 Å². The van der Waals surface area contributed by atoms with E-state index in [4.69, 9.17) is 5.73 Å². The highest BCUT2D eigenvalue weighted by Crippen LogP contribution is 2.18. The monoisotopic (exact) mass is 254 g/mol. The molecule has 0 aromatic carbocycles. The van der Waals surface area contributed by atoms with E-state index >= 15 is 0 Å². The zero-order chi connectivity index (χ0) is 12.8. The Morgan fingerprint density at radius 3 is 2.59 bits per heavy atom. The molecule has 96 valence electrons. The number of rotatable bonds is 5. The van der Waals surface area contributed by atoms with E-state index in [9.17, 15) is 0 Å². The summed E-state index contributed by atoms with van der Waals surface area (Å²) in [5.74, 6) is 1.08. The van der Waals surface area contributed by atoms with Crippen LogP contribution in [0.15, 0.2) is 10.4 Å². The molecule has 4 nitrogen and oxygen atoms in total. The van der Waals surface area contributed by atoms with Gasteiger partial charge in [-0.1, -0.05) is 13.8 Å². The van der Waals surface area contributed by atoms with Crippen LogP contribution >= 0.6 is 11.3 Å². The summed E-state index contributed by atoms with van der Waals surface area (Å²) < 4.78 is 0. The minimum Gasteiger partial charge on any atom is -0.370 e. The highest BCUT2D eigenvalue weighted by molar-refractivity contribution is 7.09. The second-order valence-electron chi connectivity index (χ2n) is 4.17. The van der Waals surface area contributed by atoms with E-state index in [0.717, 1.165) is 23.8 Å². The first-order valence-corrected chi connectivity index (χ1v) is 6.95. The lowest BCUT2D eigenvalue weighted by Crippen LogP contribution is -2.37. The molecule has 0 aliphatic rings. The Labute approximate surface area is 108 Å². The van der Waals surface area contributed by atoms with Gasteiger partial charge in [0.2, 0.25) is 0 Å². The van der Waals surface area contributed by atoms with Crippen molar-refractivity contribution < 1.29 is 0 Å². The van der Waals surface area contributed by atoms with E-state index in [1.54, 1.807) is 11.3 Å². The lowest BCUT2D eigenvalue weighted by atomic mass is 10.2. The highest BCUT2D eigenvalue weighted by Gasteiger charge is 2.06. The van der Waals surface area contributed by atoms with Crippen LogP contribution in [0, 0.1) is 0 Å². The van der Waals surface area contributed by atoms with E-state index in [1.807, 2.05) is 4.90 Å². The maximum atomic E-state index is 5.91. The second kappa shape index (κ2) is 6.59. The van der Waals surface area contributed by atoms with E-state index in [-0.39, 0.29) is 0 Å². The Bertz CT molecular complexity index is 366. The lowest BCUT2D eigenvalue weighted by molar-refractivity contribution is 0.458. The van der Waals surface area contributed by atoms with Crippen molar-refractivity contribution >= 4 is 17.3 Å². The van der Waals surface area contributed by atoms with Crippen molar-refractivity contribution in [3.63, 3.8) is 0 Å². The van der Waals surface area contributed by atoms with E-state index in [0.29, 0.717) is 18.4 Å². The zero-order valence-corrected chi connectivity index (χ0v) is 11.9. The van der Waals surface area contributed by atoms with Crippen molar-refractivity contribution in [2.45, 2.75) is 40.2 Å². The Morgan fingerprint density at radius 2 is 2.12 bits per heavy atom. The number of hydrogen-bond donors (Lipinski definition) is 1. The van der Waals surface area contributed by atoms with Gasteiger partial charge in [-0.25, -0.2) is 9.98 Å². The summed E-state index contributed by atoms with van der Waals surface area (Å²) in [5, 5.41) is 3.13. The molecule has 1 aromatic rings. The molecule has 17 heavy (non-hydrogen) atoms. The predicted molar refractivity (Wildman–Crippen MR) is 74.5 cm³/mol. The molecule has 0 radical (unpaired) electrons. The van der Waals surface area contributed by atoms with Gasteiger partial charge >= 0.3 is 0 Å². The fourth-order valence-electron chi connectivity index (χ4n) is 1.46. The molecule has 0 amide bonds. The first-order chi connectivity index (χ1) is 8.08. The Hall–Kier alpha value is -1.10. The molecule has 0 aliphatic carbocycles. The van der Waals surface area contributed by atoms with Crippen LogP contribution in [-0.2, 0) is 6.54 Å². The molecular formula is C12H22N4S. The highest BCUT2D eigenvalue weighted by atomic mass is 32.1. The summed E-state index contributed by atoms with van der Waals surface area (Å²) >= 11 is 1.65. The minimum absolute atomic E-state index is 0.476. The quantitative estimate of drug-likeness (QED) is 0.648. The molecular weight excluding hydrogens is 232 g/mol. The van der Waals surface area contributed by atoms with Crippen molar-refractivity contribution in [3.05, 3.63) is 16.1 Å². The summed E-state index contributed by atoms with van der Waals surface area (Å²) in [6, 6.07) is 0. The maximum absolute atomic E-state index is 5.91. The van der Waals surface area contributed by atoms with Gasteiger partial charge < -0.3 is 10.6 Å². The molecule has 0 bridgehead atoms. The van der Waals surface area contributed by atoms with Crippen LogP contribution in [0.5, 0.6) is 0 Å². The molecule has 0 spiro atoms. The molecule has 1 rings (SSSR count). The van der Waals surface area contributed by atoms with Gasteiger partial charge in [0.1, 0.15) is 5.01 Å². The van der Waals surface area contributed by atoms with Crippen LogP contribution in [0.4, 0.5) is 0 Å². The van der Waals surface area contributed by atoms with Crippen LogP contribution in [-0.4, -0.2) is 28.9 Å². The van der Waals surface area contributed by atoms with Gasteiger partial charge in [-0.3, -0.25) is 0 Å². The third-order valence-corrected chi connectivity index (χ3v) is 3.48. The molecule has 1 aromatic heterocycles. The number of nitrogens with zero attached hydrogens (tertiary/aromatic N) is 3. The van der Waals surface area contributed by atoms with Crippen LogP contribution in [0.3, 0.4) is 0 Å². The Morgan fingerprint density at radius 1 is 1.47 bits per heavy atom. The first-order valence-electron chi connectivity index (χ1n) is 6.07. The molecule has 0 aliphatic heterocycles. The number of aromatic nitrogens is 1. The summed E-state index contributed by atoms with van der Waals surface area (Å²) in [5.41, 5.74) is 7.05. The van der Waals surface area contributed by atoms with E-state index in [2.05, 4.69) is 43.1 Å². The van der Waals surface area contributed by atoms with Crippen LogP contribution in [0.25, 0.3) is 0 Å². The van der Waals surface area contributed by atoms with Gasteiger partial charge in [-0.05, 0) is 19.8 Å². The van der Waals surface area contributed by atoms with Gasteiger partial charge in [-0.15, -0.1) is 11.3 Å². The molecule has 0 saturated heterocycles. The number of thiazole rings is 1. The van der Waals surface area contributed by atoms with Crippen molar-refractivity contribution in [3.8, 4) is 0 Å². The van der Waals surface area contributed by atoms with Crippen molar-refractivity contribution in [1.82, 2.24) is 9.88 Å². The van der Waals surface area contributed by atoms with Gasteiger partial charge in [0.05, 0.1) is 12.2 Å².